The number of carbonyl (C=O) groups excluding carboxylic acids is 3. The minimum Gasteiger partial charge on any atom is -0.545 e. The van der Waals surface area contributed by atoms with E-state index >= 15 is 0 Å². The molecule has 3 rings (SSSR count). The number of fused-ring (bicyclic) bond motifs is 1. The van der Waals surface area contributed by atoms with Gasteiger partial charge in [-0.2, -0.15) is 0 Å². The predicted octanol–water partition coefficient (Wildman–Crippen LogP) is 1.41. The molecule has 0 radical (unpaired) electrons. The van der Waals surface area contributed by atoms with Crippen molar-refractivity contribution >= 4 is 35.1 Å². The Morgan fingerprint density at radius 3 is 2.68 bits per heavy atom. The van der Waals surface area contributed by atoms with Gasteiger partial charge >= 0.3 is 0 Å². The fraction of sp³-hybridized carbons (Fsp3) is 0.312. The molecule has 1 aliphatic heterocycles. The number of allylic oxidation sites excluding steroid dienone is 2. The molecule has 22 heavy (non-hydrogen) atoms. The van der Waals surface area contributed by atoms with E-state index in [1.165, 1.54) is 18.2 Å². The lowest BCUT2D eigenvalue weighted by molar-refractivity contribution is -0.255. The van der Waals surface area contributed by atoms with Crippen molar-refractivity contribution in [2.24, 2.45) is 17.8 Å². The Balaban J connectivity index is 2.03. The van der Waals surface area contributed by atoms with E-state index < -0.39 is 5.97 Å². The SMILES string of the molecule is C[C@@H]1C=CC[C@H]2C(=O)N(c3ccc(Cl)c(C(=O)[O-])c3)C(=O)[C@H]12. The minimum atomic E-state index is -1.45. The van der Waals surface area contributed by atoms with Crippen molar-refractivity contribution in [2.45, 2.75) is 13.3 Å². The predicted molar refractivity (Wildman–Crippen MR) is 78.2 cm³/mol. The molecule has 0 N–H and O–H groups in total. The standard InChI is InChI=1S/C16H14ClNO4/c1-8-3-2-4-10-13(8)15(20)18(14(10)19)9-5-6-12(17)11(7-9)16(21)22/h2-3,5-8,10,13H,4H2,1H3,(H,21,22)/p-1/t8-,10-,13-/m1/s1. The summed E-state index contributed by atoms with van der Waals surface area (Å²) in [5.74, 6) is -2.82. The maximum Gasteiger partial charge on any atom is 0.238 e. The molecule has 1 aromatic carbocycles. The number of rotatable bonds is 2. The Hall–Kier alpha value is -2.14. The highest BCUT2D eigenvalue weighted by Crippen LogP contribution is 2.40. The van der Waals surface area contributed by atoms with Gasteiger partial charge in [0.1, 0.15) is 0 Å². The van der Waals surface area contributed by atoms with Crippen LogP contribution >= 0.6 is 11.6 Å². The zero-order valence-electron chi connectivity index (χ0n) is 11.8. The quantitative estimate of drug-likeness (QED) is 0.610. The van der Waals surface area contributed by atoms with Crippen LogP contribution in [0.4, 0.5) is 5.69 Å². The van der Waals surface area contributed by atoms with E-state index in [1.54, 1.807) is 0 Å². The molecule has 0 spiro atoms. The van der Waals surface area contributed by atoms with Gasteiger partial charge in [-0.3, -0.25) is 14.5 Å². The van der Waals surface area contributed by atoms with Gasteiger partial charge in [0, 0.05) is 10.6 Å². The lowest BCUT2D eigenvalue weighted by atomic mass is 9.78. The Morgan fingerprint density at radius 1 is 1.32 bits per heavy atom. The molecule has 0 unspecified atom stereocenters. The van der Waals surface area contributed by atoms with Gasteiger partial charge < -0.3 is 9.90 Å². The normalized spacial score (nSPS) is 27.2. The first-order valence-corrected chi connectivity index (χ1v) is 7.35. The number of nitrogens with zero attached hydrogens (tertiary/aromatic N) is 1. The number of carboxylic acids is 1. The van der Waals surface area contributed by atoms with E-state index in [-0.39, 0.29) is 45.8 Å². The molecule has 1 aliphatic carbocycles. The second-order valence-electron chi connectivity index (χ2n) is 5.62. The second-order valence-corrected chi connectivity index (χ2v) is 6.03. The van der Waals surface area contributed by atoms with Crippen LogP contribution in [-0.4, -0.2) is 17.8 Å². The first-order valence-electron chi connectivity index (χ1n) is 6.97. The van der Waals surface area contributed by atoms with E-state index in [4.69, 9.17) is 11.6 Å². The van der Waals surface area contributed by atoms with Crippen molar-refractivity contribution in [1.82, 2.24) is 0 Å². The highest BCUT2D eigenvalue weighted by molar-refractivity contribution is 6.33. The van der Waals surface area contributed by atoms with Gasteiger partial charge in [-0.05, 0) is 30.5 Å². The lowest BCUT2D eigenvalue weighted by Crippen LogP contribution is -2.32. The maximum absolute atomic E-state index is 12.6. The molecule has 0 aromatic heterocycles. The van der Waals surface area contributed by atoms with E-state index in [2.05, 4.69) is 0 Å². The fourth-order valence-electron chi connectivity index (χ4n) is 3.21. The van der Waals surface area contributed by atoms with Crippen LogP contribution in [0.15, 0.2) is 30.4 Å². The van der Waals surface area contributed by atoms with Crippen molar-refractivity contribution < 1.29 is 19.5 Å². The van der Waals surface area contributed by atoms with Gasteiger partial charge in [-0.1, -0.05) is 30.7 Å². The summed E-state index contributed by atoms with van der Waals surface area (Å²) in [6.07, 6.45) is 4.37. The van der Waals surface area contributed by atoms with Crippen LogP contribution in [-0.2, 0) is 9.59 Å². The summed E-state index contributed by atoms with van der Waals surface area (Å²) in [5, 5.41) is 11.1. The summed E-state index contributed by atoms with van der Waals surface area (Å²) < 4.78 is 0. The third-order valence-corrected chi connectivity index (χ3v) is 4.63. The Bertz CT molecular complexity index is 712. The van der Waals surface area contributed by atoms with Crippen molar-refractivity contribution in [3.63, 3.8) is 0 Å². The molecule has 1 saturated heterocycles. The topological polar surface area (TPSA) is 77.5 Å². The van der Waals surface area contributed by atoms with Gasteiger partial charge in [-0.15, -0.1) is 0 Å². The van der Waals surface area contributed by atoms with E-state index in [0.717, 1.165) is 4.90 Å². The lowest BCUT2D eigenvalue weighted by Gasteiger charge is -2.22. The van der Waals surface area contributed by atoms with Crippen molar-refractivity contribution in [2.75, 3.05) is 4.90 Å². The molecular weight excluding hydrogens is 306 g/mol. The number of hydrogen-bond donors (Lipinski definition) is 0. The van der Waals surface area contributed by atoms with Crippen LogP contribution in [0.2, 0.25) is 5.02 Å². The first-order chi connectivity index (χ1) is 10.4. The number of anilines is 1. The number of halogens is 1. The van der Waals surface area contributed by atoms with Crippen LogP contribution in [0, 0.1) is 17.8 Å². The first kappa shape index (κ1) is 14.8. The highest BCUT2D eigenvalue weighted by Gasteiger charge is 2.50. The number of hydrogen-bond acceptors (Lipinski definition) is 4. The fourth-order valence-corrected chi connectivity index (χ4v) is 3.41. The number of amides is 2. The molecule has 1 aromatic rings. The van der Waals surface area contributed by atoms with Crippen LogP contribution in [0.3, 0.4) is 0 Å². The van der Waals surface area contributed by atoms with Gasteiger partial charge in [0.25, 0.3) is 0 Å². The minimum absolute atomic E-state index is 0.00953. The zero-order valence-corrected chi connectivity index (χ0v) is 12.5. The summed E-state index contributed by atoms with van der Waals surface area (Å²) >= 11 is 5.80. The Labute approximate surface area is 132 Å². The molecule has 6 heteroatoms. The number of carbonyl (C=O) groups is 3. The van der Waals surface area contributed by atoms with Crippen LogP contribution in [0.25, 0.3) is 0 Å². The smallest absolute Gasteiger partial charge is 0.238 e. The molecule has 0 bridgehead atoms. The molecule has 5 nitrogen and oxygen atoms in total. The third kappa shape index (κ3) is 2.13. The Morgan fingerprint density at radius 2 is 2.05 bits per heavy atom. The molecule has 1 fully saturated rings. The molecule has 2 aliphatic rings. The third-order valence-electron chi connectivity index (χ3n) is 4.30. The molecule has 0 saturated carbocycles. The summed E-state index contributed by atoms with van der Waals surface area (Å²) in [5.41, 5.74) is -0.0130. The molecule has 2 amide bonds. The van der Waals surface area contributed by atoms with Gasteiger partial charge in [0.2, 0.25) is 11.8 Å². The summed E-state index contributed by atoms with van der Waals surface area (Å²) in [6.45, 7) is 1.90. The van der Waals surface area contributed by atoms with Crippen molar-refractivity contribution in [3.8, 4) is 0 Å². The molecule has 3 atom stereocenters. The number of carboxylic acid groups (broad SMARTS) is 1. The largest absolute Gasteiger partial charge is 0.545 e. The van der Waals surface area contributed by atoms with Crippen LogP contribution < -0.4 is 10.0 Å². The van der Waals surface area contributed by atoms with Gasteiger partial charge in [0.15, 0.2) is 0 Å². The molecular formula is C16H13ClNO4-. The highest BCUT2D eigenvalue weighted by atomic mass is 35.5. The van der Waals surface area contributed by atoms with Gasteiger partial charge in [-0.25, -0.2) is 0 Å². The zero-order chi connectivity index (χ0) is 16.0. The van der Waals surface area contributed by atoms with Crippen molar-refractivity contribution in [1.29, 1.82) is 0 Å². The molecule has 114 valence electrons. The van der Waals surface area contributed by atoms with E-state index in [1.807, 2.05) is 19.1 Å². The maximum atomic E-state index is 12.6. The number of benzene rings is 1. The van der Waals surface area contributed by atoms with Crippen molar-refractivity contribution in [3.05, 3.63) is 40.9 Å². The van der Waals surface area contributed by atoms with E-state index in [0.29, 0.717) is 6.42 Å². The van der Waals surface area contributed by atoms with Crippen LogP contribution in [0.5, 0.6) is 0 Å². The summed E-state index contributed by atoms with van der Waals surface area (Å²) in [6, 6.07) is 4.04. The summed E-state index contributed by atoms with van der Waals surface area (Å²) in [7, 11) is 0. The number of aromatic carboxylic acids is 1. The average Bonchev–Trinajstić information content (AvgIpc) is 2.73. The Kier molecular flexibility index (Phi) is 3.53. The number of imide groups is 1. The summed E-state index contributed by atoms with van der Waals surface area (Å²) in [4.78, 5) is 37.3. The van der Waals surface area contributed by atoms with Gasteiger partial charge in [0.05, 0.1) is 23.5 Å². The monoisotopic (exact) mass is 318 g/mol. The second kappa shape index (κ2) is 5.25. The van der Waals surface area contributed by atoms with E-state index in [9.17, 15) is 19.5 Å². The molecule has 1 heterocycles. The van der Waals surface area contributed by atoms with Crippen LogP contribution in [0.1, 0.15) is 23.7 Å². The average molecular weight is 319 g/mol.